The summed E-state index contributed by atoms with van der Waals surface area (Å²) < 4.78 is 5.31. The van der Waals surface area contributed by atoms with Crippen LogP contribution in [-0.2, 0) is 4.74 Å². The van der Waals surface area contributed by atoms with E-state index in [1.165, 1.54) is 0 Å². The molecule has 0 unspecified atom stereocenters. The lowest BCUT2D eigenvalue weighted by Gasteiger charge is -2.39. The molecule has 0 aromatic rings. The minimum absolute atomic E-state index is 0.232. The Morgan fingerprint density at radius 3 is 2.37 bits per heavy atom. The van der Waals surface area contributed by atoms with Crippen molar-refractivity contribution in [1.82, 2.24) is 10.6 Å². The molecular formula is C15H30N2O2. The average molecular weight is 270 g/mol. The zero-order chi connectivity index (χ0) is 14.5. The van der Waals surface area contributed by atoms with Gasteiger partial charge in [-0.05, 0) is 64.5 Å². The van der Waals surface area contributed by atoms with Crippen molar-refractivity contribution in [3.63, 3.8) is 0 Å². The van der Waals surface area contributed by atoms with Gasteiger partial charge in [-0.2, -0.15) is 0 Å². The molecule has 1 heterocycles. The van der Waals surface area contributed by atoms with Crippen LogP contribution >= 0.6 is 0 Å². The molecule has 1 saturated heterocycles. The monoisotopic (exact) mass is 270 g/mol. The van der Waals surface area contributed by atoms with E-state index in [1.54, 1.807) is 0 Å². The lowest BCUT2D eigenvalue weighted by atomic mass is 9.73. The Labute approximate surface area is 117 Å². The predicted octanol–water partition coefficient (Wildman–Crippen LogP) is 2.93. The second kappa shape index (κ2) is 6.60. The Morgan fingerprint density at radius 1 is 1.32 bits per heavy atom. The summed E-state index contributed by atoms with van der Waals surface area (Å²) in [5.41, 5.74) is -0.195. The predicted molar refractivity (Wildman–Crippen MR) is 78.2 cm³/mol. The Kier molecular flexibility index (Phi) is 5.65. The molecule has 19 heavy (non-hydrogen) atoms. The van der Waals surface area contributed by atoms with Crippen molar-refractivity contribution in [1.29, 1.82) is 0 Å². The molecule has 0 bridgehead atoms. The number of nitrogens with one attached hydrogen (secondary N) is 2. The topological polar surface area (TPSA) is 50.4 Å². The van der Waals surface area contributed by atoms with Gasteiger partial charge in [-0.3, -0.25) is 0 Å². The number of rotatable bonds is 4. The highest BCUT2D eigenvalue weighted by Crippen LogP contribution is 2.35. The molecule has 1 rings (SSSR count). The smallest absolute Gasteiger partial charge is 0.407 e. The summed E-state index contributed by atoms with van der Waals surface area (Å²) in [7, 11) is 0. The molecule has 1 amide bonds. The highest BCUT2D eigenvalue weighted by Gasteiger charge is 2.33. The van der Waals surface area contributed by atoms with Crippen LogP contribution in [-0.4, -0.2) is 31.3 Å². The van der Waals surface area contributed by atoms with E-state index in [0.29, 0.717) is 5.92 Å². The zero-order valence-corrected chi connectivity index (χ0v) is 13.1. The molecular weight excluding hydrogens is 240 g/mol. The third-order valence-corrected chi connectivity index (χ3v) is 3.51. The highest BCUT2D eigenvalue weighted by atomic mass is 16.6. The molecule has 1 fully saturated rings. The molecule has 0 saturated carbocycles. The lowest BCUT2D eigenvalue weighted by molar-refractivity contribution is 0.0472. The molecule has 0 aromatic carbocycles. The summed E-state index contributed by atoms with van der Waals surface area (Å²) >= 11 is 0. The first-order valence-corrected chi connectivity index (χ1v) is 7.40. The molecule has 0 aromatic heterocycles. The Morgan fingerprint density at radius 2 is 1.89 bits per heavy atom. The quantitative estimate of drug-likeness (QED) is 0.826. The van der Waals surface area contributed by atoms with Gasteiger partial charge >= 0.3 is 6.09 Å². The van der Waals surface area contributed by atoms with Crippen LogP contribution < -0.4 is 10.6 Å². The normalized spacial score (nSPS) is 19.3. The largest absolute Gasteiger partial charge is 0.444 e. The number of hydrogen-bond donors (Lipinski definition) is 2. The number of ether oxygens (including phenoxy) is 1. The average Bonchev–Trinajstić information content (AvgIpc) is 2.24. The first-order chi connectivity index (χ1) is 8.72. The van der Waals surface area contributed by atoms with Crippen LogP contribution in [0.4, 0.5) is 4.79 Å². The number of hydrogen-bond acceptors (Lipinski definition) is 3. The molecule has 0 spiro atoms. The van der Waals surface area contributed by atoms with E-state index in [2.05, 4.69) is 24.5 Å². The third kappa shape index (κ3) is 6.28. The SMILES string of the molecule is CC(C)CC1(CNC(=O)OC(C)(C)C)CCNCC1. The van der Waals surface area contributed by atoms with Crippen molar-refractivity contribution >= 4 is 6.09 Å². The van der Waals surface area contributed by atoms with Gasteiger partial charge in [-0.25, -0.2) is 4.79 Å². The first kappa shape index (κ1) is 16.3. The molecule has 0 radical (unpaired) electrons. The van der Waals surface area contributed by atoms with Crippen molar-refractivity contribution < 1.29 is 9.53 Å². The van der Waals surface area contributed by atoms with Gasteiger partial charge in [0.2, 0.25) is 0 Å². The summed E-state index contributed by atoms with van der Waals surface area (Å²) in [6.07, 6.45) is 3.11. The van der Waals surface area contributed by atoms with Gasteiger partial charge in [0, 0.05) is 6.54 Å². The van der Waals surface area contributed by atoms with Crippen LogP contribution in [0.15, 0.2) is 0 Å². The van der Waals surface area contributed by atoms with Gasteiger partial charge in [0.1, 0.15) is 5.60 Å². The fraction of sp³-hybridized carbons (Fsp3) is 0.933. The molecule has 112 valence electrons. The summed E-state index contributed by atoms with van der Waals surface area (Å²) in [5, 5.41) is 6.36. The van der Waals surface area contributed by atoms with Crippen molar-refractivity contribution in [2.45, 2.75) is 59.5 Å². The summed E-state index contributed by atoms with van der Waals surface area (Å²) in [4.78, 5) is 11.8. The summed E-state index contributed by atoms with van der Waals surface area (Å²) in [5.74, 6) is 0.651. The highest BCUT2D eigenvalue weighted by molar-refractivity contribution is 5.67. The van der Waals surface area contributed by atoms with E-state index in [9.17, 15) is 4.79 Å². The van der Waals surface area contributed by atoms with Crippen LogP contribution in [0.2, 0.25) is 0 Å². The molecule has 0 aliphatic carbocycles. The molecule has 4 nitrogen and oxygen atoms in total. The van der Waals surface area contributed by atoms with Gasteiger partial charge in [0.15, 0.2) is 0 Å². The van der Waals surface area contributed by atoms with E-state index >= 15 is 0 Å². The maximum absolute atomic E-state index is 11.8. The van der Waals surface area contributed by atoms with Crippen molar-refractivity contribution in [2.75, 3.05) is 19.6 Å². The van der Waals surface area contributed by atoms with Crippen LogP contribution in [0, 0.1) is 11.3 Å². The molecule has 0 atom stereocenters. The van der Waals surface area contributed by atoms with E-state index < -0.39 is 5.60 Å². The van der Waals surface area contributed by atoms with Crippen molar-refractivity contribution in [3.05, 3.63) is 0 Å². The van der Waals surface area contributed by atoms with Crippen LogP contribution in [0.3, 0.4) is 0 Å². The van der Waals surface area contributed by atoms with Crippen molar-refractivity contribution in [2.24, 2.45) is 11.3 Å². The standard InChI is InChI=1S/C15H30N2O2/c1-12(2)10-15(6-8-16-9-7-15)11-17-13(18)19-14(3,4)5/h12,16H,6-11H2,1-5H3,(H,17,18). The van der Waals surface area contributed by atoms with Crippen LogP contribution in [0.5, 0.6) is 0 Å². The molecule has 2 N–H and O–H groups in total. The van der Waals surface area contributed by atoms with E-state index in [0.717, 1.165) is 38.9 Å². The number of carbonyl (C=O) groups is 1. The van der Waals surface area contributed by atoms with Gasteiger partial charge in [0.25, 0.3) is 0 Å². The summed E-state index contributed by atoms with van der Waals surface area (Å²) in [6.45, 7) is 13.0. The summed E-state index contributed by atoms with van der Waals surface area (Å²) in [6, 6.07) is 0. The van der Waals surface area contributed by atoms with Gasteiger partial charge in [-0.1, -0.05) is 13.8 Å². The van der Waals surface area contributed by atoms with E-state index in [1.807, 2.05) is 20.8 Å². The Hall–Kier alpha value is -0.770. The third-order valence-electron chi connectivity index (χ3n) is 3.51. The second-order valence-corrected chi connectivity index (χ2v) is 7.20. The maximum Gasteiger partial charge on any atom is 0.407 e. The van der Waals surface area contributed by atoms with Gasteiger partial charge < -0.3 is 15.4 Å². The second-order valence-electron chi connectivity index (χ2n) is 7.20. The fourth-order valence-electron chi connectivity index (χ4n) is 2.85. The zero-order valence-electron chi connectivity index (χ0n) is 13.1. The maximum atomic E-state index is 11.8. The molecule has 4 heteroatoms. The van der Waals surface area contributed by atoms with Crippen LogP contribution in [0.1, 0.15) is 53.9 Å². The van der Waals surface area contributed by atoms with Crippen molar-refractivity contribution in [3.8, 4) is 0 Å². The van der Waals surface area contributed by atoms with Gasteiger partial charge in [0.05, 0.1) is 0 Å². The minimum atomic E-state index is -0.427. The number of piperidine rings is 1. The Balaban J connectivity index is 2.51. The number of amides is 1. The van der Waals surface area contributed by atoms with Crippen LogP contribution in [0.25, 0.3) is 0 Å². The number of alkyl carbamates (subject to hydrolysis) is 1. The lowest BCUT2D eigenvalue weighted by Crippen LogP contribution is -2.46. The van der Waals surface area contributed by atoms with E-state index in [4.69, 9.17) is 4.74 Å². The Bertz CT molecular complexity index is 289. The number of carbonyl (C=O) groups excluding carboxylic acids is 1. The first-order valence-electron chi connectivity index (χ1n) is 7.40. The van der Waals surface area contributed by atoms with Gasteiger partial charge in [-0.15, -0.1) is 0 Å². The molecule has 1 aliphatic rings. The minimum Gasteiger partial charge on any atom is -0.444 e. The molecule has 1 aliphatic heterocycles. The van der Waals surface area contributed by atoms with E-state index in [-0.39, 0.29) is 11.5 Å². The fourth-order valence-corrected chi connectivity index (χ4v) is 2.85.